The minimum absolute atomic E-state index is 0.379. The summed E-state index contributed by atoms with van der Waals surface area (Å²) in [6.07, 6.45) is -4.35. The molecule has 0 fully saturated rings. The Kier molecular flexibility index (Phi) is 5.36. The van der Waals surface area contributed by atoms with Crippen molar-refractivity contribution in [1.82, 2.24) is 0 Å². The Labute approximate surface area is 133 Å². The molecule has 2 aromatic carbocycles. The molecule has 124 valence electrons. The molecule has 0 aliphatic heterocycles. The number of alkyl halides is 3. The van der Waals surface area contributed by atoms with Crippen molar-refractivity contribution in [3.8, 4) is 11.5 Å². The van der Waals surface area contributed by atoms with Crippen molar-refractivity contribution in [3.05, 3.63) is 53.6 Å². The van der Waals surface area contributed by atoms with Crippen molar-refractivity contribution < 1.29 is 22.6 Å². The molecule has 0 radical (unpaired) electrons. The summed E-state index contributed by atoms with van der Waals surface area (Å²) in [4.78, 5) is 0. The van der Waals surface area contributed by atoms with Gasteiger partial charge < -0.3 is 14.8 Å². The van der Waals surface area contributed by atoms with E-state index < -0.39 is 11.7 Å². The number of halogens is 3. The van der Waals surface area contributed by atoms with Gasteiger partial charge in [-0.3, -0.25) is 0 Å². The predicted octanol–water partition coefficient (Wildman–Crippen LogP) is 4.72. The molecule has 2 aromatic rings. The van der Waals surface area contributed by atoms with Gasteiger partial charge in [0.1, 0.15) is 0 Å². The standard InChI is InChI=1S/C17H18F3NO2/c1-3-23-15-8-7-12(9-16(15)22-2)11-21-14-6-4-5-13(10-14)17(18,19)20/h4-10,21H,3,11H2,1-2H3. The van der Waals surface area contributed by atoms with Crippen LogP contribution >= 0.6 is 0 Å². The maximum Gasteiger partial charge on any atom is 0.416 e. The third kappa shape index (κ3) is 4.55. The summed E-state index contributed by atoms with van der Waals surface area (Å²) in [5.41, 5.74) is 0.613. The second kappa shape index (κ2) is 7.26. The van der Waals surface area contributed by atoms with E-state index in [9.17, 15) is 13.2 Å². The number of methoxy groups -OCH3 is 1. The van der Waals surface area contributed by atoms with E-state index in [2.05, 4.69) is 5.32 Å². The van der Waals surface area contributed by atoms with Crippen molar-refractivity contribution in [1.29, 1.82) is 0 Å². The van der Waals surface area contributed by atoms with Crippen molar-refractivity contribution in [2.75, 3.05) is 19.0 Å². The van der Waals surface area contributed by atoms with Crippen molar-refractivity contribution in [3.63, 3.8) is 0 Å². The number of ether oxygens (including phenoxy) is 2. The first-order valence-electron chi connectivity index (χ1n) is 7.15. The van der Waals surface area contributed by atoms with Crippen LogP contribution in [-0.2, 0) is 12.7 Å². The maximum absolute atomic E-state index is 12.7. The highest BCUT2D eigenvalue weighted by molar-refractivity contribution is 5.48. The Hall–Kier alpha value is -2.37. The molecule has 0 bridgehead atoms. The van der Waals surface area contributed by atoms with Gasteiger partial charge in [0.2, 0.25) is 0 Å². The molecular formula is C17H18F3NO2. The van der Waals surface area contributed by atoms with Crippen molar-refractivity contribution >= 4 is 5.69 Å². The van der Waals surface area contributed by atoms with Crippen LogP contribution in [0, 0.1) is 0 Å². The second-order valence-electron chi connectivity index (χ2n) is 4.85. The van der Waals surface area contributed by atoms with Gasteiger partial charge in [-0.25, -0.2) is 0 Å². The summed E-state index contributed by atoms with van der Waals surface area (Å²) in [5, 5.41) is 2.98. The number of benzene rings is 2. The van der Waals surface area contributed by atoms with Gasteiger partial charge >= 0.3 is 6.18 Å². The van der Waals surface area contributed by atoms with E-state index in [1.54, 1.807) is 25.3 Å². The van der Waals surface area contributed by atoms with Crippen LogP contribution in [-0.4, -0.2) is 13.7 Å². The minimum atomic E-state index is -4.35. The van der Waals surface area contributed by atoms with Crippen LogP contribution < -0.4 is 14.8 Å². The van der Waals surface area contributed by atoms with E-state index in [-0.39, 0.29) is 0 Å². The number of hydrogen-bond donors (Lipinski definition) is 1. The monoisotopic (exact) mass is 325 g/mol. The fourth-order valence-electron chi connectivity index (χ4n) is 2.11. The normalized spacial score (nSPS) is 11.2. The Morgan fingerprint density at radius 2 is 1.83 bits per heavy atom. The molecule has 0 saturated heterocycles. The Morgan fingerprint density at radius 1 is 1.04 bits per heavy atom. The van der Waals surface area contributed by atoms with Crippen molar-refractivity contribution in [2.45, 2.75) is 19.6 Å². The summed E-state index contributed by atoms with van der Waals surface area (Å²) < 4.78 is 48.7. The molecule has 0 atom stereocenters. The van der Waals surface area contributed by atoms with Crippen LogP contribution in [0.15, 0.2) is 42.5 Å². The summed E-state index contributed by atoms with van der Waals surface area (Å²) in [6, 6.07) is 10.5. The highest BCUT2D eigenvalue weighted by Crippen LogP contribution is 2.31. The van der Waals surface area contributed by atoms with Gasteiger partial charge in [0, 0.05) is 12.2 Å². The molecule has 0 spiro atoms. The van der Waals surface area contributed by atoms with Gasteiger partial charge in [0.15, 0.2) is 11.5 Å². The van der Waals surface area contributed by atoms with Gasteiger partial charge in [-0.15, -0.1) is 0 Å². The SMILES string of the molecule is CCOc1ccc(CNc2cccc(C(F)(F)F)c2)cc1OC. The lowest BCUT2D eigenvalue weighted by molar-refractivity contribution is -0.137. The fourth-order valence-corrected chi connectivity index (χ4v) is 2.11. The lowest BCUT2D eigenvalue weighted by Gasteiger charge is -2.13. The van der Waals surface area contributed by atoms with Gasteiger partial charge in [-0.05, 0) is 42.8 Å². The van der Waals surface area contributed by atoms with Gasteiger partial charge in [0.25, 0.3) is 0 Å². The Morgan fingerprint density at radius 3 is 2.48 bits per heavy atom. The highest BCUT2D eigenvalue weighted by Gasteiger charge is 2.30. The lowest BCUT2D eigenvalue weighted by atomic mass is 10.1. The number of hydrogen-bond acceptors (Lipinski definition) is 3. The van der Waals surface area contributed by atoms with E-state index >= 15 is 0 Å². The summed E-state index contributed by atoms with van der Waals surface area (Å²) in [6.45, 7) is 2.78. The first kappa shape index (κ1) is 17.0. The molecule has 0 amide bonds. The quantitative estimate of drug-likeness (QED) is 0.833. The third-order valence-electron chi connectivity index (χ3n) is 3.21. The smallest absolute Gasteiger partial charge is 0.416 e. The molecular weight excluding hydrogens is 307 g/mol. The molecule has 0 unspecified atom stereocenters. The van der Waals surface area contributed by atoms with Crippen LogP contribution in [0.2, 0.25) is 0 Å². The zero-order chi connectivity index (χ0) is 16.9. The molecule has 2 rings (SSSR count). The van der Waals surface area contributed by atoms with E-state index in [1.165, 1.54) is 6.07 Å². The fraction of sp³-hybridized carbons (Fsp3) is 0.294. The van der Waals surface area contributed by atoms with Crippen LogP contribution in [0.4, 0.5) is 18.9 Å². The minimum Gasteiger partial charge on any atom is -0.493 e. The zero-order valence-corrected chi connectivity index (χ0v) is 12.9. The van der Waals surface area contributed by atoms with E-state index in [1.807, 2.05) is 13.0 Å². The topological polar surface area (TPSA) is 30.5 Å². The largest absolute Gasteiger partial charge is 0.493 e. The zero-order valence-electron chi connectivity index (χ0n) is 12.9. The average molecular weight is 325 g/mol. The van der Waals surface area contributed by atoms with Gasteiger partial charge in [0.05, 0.1) is 19.3 Å². The highest BCUT2D eigenvalue weighted by atomic mass is 19.4. The molecule has 0 aliphatic rings. The third-order valence-corrected chi connectivity index (χ3v) is 3.21. The van der Waals surface area contributed by atoms with Gasteiger partial charge in [-0.2, -0.15) is 13.2 Å². The summed E-state index contributed by atoms with van der Waals surface area (Å²) >= 11 is 0. The molecule has 0 heterocycles. The predicted molar refractivity (Wildman–Crippen MR) is 82.9 cm³/mol. The molecule has 0 saturated carbocycles. The van der Waals surface area contributed by atoms with E-state index in [0.717, 1.165) is 17.7 Å². The summed E-state index contributed by atoms with van der Waals surface area (Å²) in [7, 11) is 1.54. The second-order valence-corrected chi connectivity index (χ2v) is 4.85. The van der Waals surface area contributed by atoms with Crippen LogP contribution in [0.3, 0.4) is 0 Å². The van der Waals surface area contributed by atoms with Crippen LogP contribution in [0.1, 0.15) is 18.1 Å². The van der Waals surface area contributed by atoms with E-state index in [4.69, 9.17) is 9.47 Å². The Bertz CT molecular complexity index is 657. The first-order chi connectivity index (χ1) is 10.9. The first-order valence-corrected chi connectivity index (χ1v) is 7.15. The number of rotatable bonds is 6. The molecule has 0 aliphatic carbocycles. The lowest BCUT2D eigenvalue weighted by Crippen LogP contribution is -2.06. The van der Waals surface area contributed by atoms with Crippen molar-refractivity contribution in [2.24, 2.45) is 0 Å². The number of nitrogens with one attached hydrogen (secondary N) is 1. The average Bonchev–Trinajstić information content (AvgIpc) is 2.53. The van der Waals surface area contributed by atoms with E-state index in [0.29, 0.717) is 30.3 Å². The molecule has 3 nitrogen and oxygen atoms in total. The van der Waals surface area contributed by atoms with Gasteiger partial charge in [-0.1, -0.05) is 12.1 Å². The number of anilines is 1. The Balaban J connectivity index is 2.09. The molecule has 6 heteroatoms. The summed E-state index contributed by atoms with van der Waals surface area (Å²) in [5.74, 6) is 1.23. The molecule has 0 aromatic heterocycles. The molecule has 1 N–H and O–H groups in total. The van der Waals surface area contributed by atoms with Crippen LogP contribution in [0.25, 0.3) is 0 Å². The molecule has 23 heavy (non-hydrogen) atoms. The maximum atomic E-state index is 12.7. The van der Waals surface area contributed by atoms with Crippen LogP contribution in [0.5, 0.6) is 11.5 Å².